The second-order valence-electron chi connectivity index (χ2n) is 8.12. The maximum Gasteiger partial charge on any atom is 0.271 e. The summed E-state index contributed by atoms with van der Waals surface area (Å²) in [5.74, 6) is 0.790. The lowest BCUT2D eigenvalue weighted by Crippen LogP contribution is -2.25. The number of amides is 1. The molecule has 8 heteroatoms. The highest BCUT2D eigenvalue weighted by Gasteiger charge is 2.26. The second kappa shape index (κ2) is 9.30. The van der Waals surface area contributed by atoms with Crippen LogP contribution in [0.25, 0.3) is 22.2 Å². The van der Waals surface area contributed by atoms with Crippen LogP contribution in [0.2, 0.25) is 0 Å². The molecule has 32 heavy (non-hydrogen) atoms. The molecule has 0 unspecified atom stereocenters. The number of methoxy groups -OCH3 is 1. The number of aromatic nitrogens is 3. The minimum Gasteiger partial charge on any atom is -0.496 e. The third-order valence-corrected chi connectivity index (χ3v) is 5.68. The van der Waals surface area contributed by atoms with E-state index in [9.17, 15) is 9.59 Å². The third kappa shape index (κ3) is 4.54. The first-order valence-electron chi connectivity index (χ1n) is 10.9. The molecular formula is C24H27N5O3. The first kappa shape index (κ1) is 21.7. The fourth-order valence-corrected chi connectivity index (χ4v) is 3.58. The summed E-state index contributed by atoms with van der Waals surface area (Å²) in [6, 6.07) is 3.58. The second-order valence-corrected chi connectivity index (χ2v) is 8.12. The third-order valence-electron chi connectivity index (χ3n) is 5.68. The van der Waals surface area contributed by atoms with Crippen molar-refractivity contribution in [2.24, 2.45) is 5.92 Å². The number of pyridine rings is 1. The van der Waals surface area contributed by atoms with Crippen molar-refractivity contribution in [2.75, 3.05) is 19.4 Å². The van der Waals surface area contributed by atoms with E-state index in [2.05, 4.69) is 27.2 Å². The summed E-state index contributed by atoms with van der Waals surface area (Å²) in [6.45, 7) is 2.66. The summed E-state index contributed by atoms with van der Waals surface area (Å²) in [6.07, 6.45) is 9.13. The zero-order valence-corrected chi connectivity index (χ0v) is 18.4. The van der Waals surface area contributed by atoms with Gasteiger partial charge in [0, 0.05) is 36.2 Å². The van der Waals surface area contributed by atoms with Crippen molar-refractivity contribution in [3.05, 3.63) is 42.0 Å². The van der Waals surface area contributed by atoms with E-state index in [-0.39, 0.29) is 17.4 Å². The molecule has 0 spiro atoms. The van der Waals surface area contributed by atoms with Gasteiger partial charge in [-0.15, -0.1) is 0 Å². The summed E-state index contributed by atoms with van der Waals surface area (Å²) < 4.78 is 5.53. The van der Waals surface area contributed by atoms with Crippen LogP contribution in [-0.4, -0.2) is 40.3 Å². The van der Waals surface area contributed by atoms with E-state index in [0.717, 1.165) is 25.7 Å². The largest absolute Gasteiger partial charge is 0.496 e. The lowest BCUT2D eigenvalue weighted by molar-refractivity contribution is 0.0945. The minimum atomic E-state index is -0.254. The Balaban J connectivity index is 1.67. The van der Waals surface area contributed by atoms with Gasteiger partial charge in [-0.2, -0.15) is 0 Å². The lowest BCUT2D eigenvalue weighted by Gasteiger charge is -2.13. The average molecular weight is 434 g/mol. The molecule has 1 fully saturated rings. The highest BCUT2D eigenvalue weighted by molar-refractivity contribution is 6.08. The molecule has 1 aliphatic rings. The minimum absolute atomic E-state index is 0.0231. The Bertz CT molecular complexity index is 1160. The van der Waals surface area contributed by atoms with Gasteiger partial charge in [0.05, 0.1) is 42.0 Å². The number of ketones is 1. The maximum atomic E-state index is 12.6. The van der Waals surface area contributed by atoms with Gasteiger partial charge in [-0.1, -0.05) is 13.3 Å². The van der Waals surface area contributed by atoms with Crippen LogP contribution in [0.3, 0.4) is 0 Å². The van der Waals surface area contributed by atoms with Crippen LogP contribution in [0.4, 0.5) is 5.69 Å². The standard InChI is InChI=1S/C24H27N5O3/c1-3-4-7-26-24(31)20-13-28-19(12-29-20)15-9-16-18(10-22(15)32-2)27-11-17(23(16)25)21(30)8-14-5-6-14/h9-14H,3-8H2,1-2H3,(H2,25,27)(H,26,31). The van der Waals surface area contributed by atoms with Crippen molar-refractivity contribution < 1.29 is 14.3 Å². The number of carbonyl (C=O) groups is 2. The molecule has 4 rings (SSSR count). The van der Waals surface area contributed by atoms with Gasteiger partial charge in [0.2, 0.25) is 0 Å². The molecule has 3 N–H and O–H groups in total. The Morgan fingerprint density at radius 2 is 1.97 bits per heavy atom. The number of carbonyl (C=O) groups excluding carboxylic acids is 2. The van der Waals surface area contributed by atoms with Gasteiger partial charge in [-0.25, -0.2) is 4.98 Å². The molecule has 0 radical (unpaired) electrons. The van der Waals surface area contributed by atoms with Gasteiger partial charge >= 0.3 is 0 Å². The van der Waals surface area contributed by atoms with Crippen LogP contribution in [0.5, 0.6) is 5.75 Å². The number of unbranched alkanes of at least 4 members (excludes halogenated alkanes) is 1. The van der Waals surface area contributed by atoms with Gasteiger partial charge in [0.15, 0.2) is 5.78 Å². The molecule has 1 aliphatic carbocycles. The molecule has 0 aliphatic heterocycles. The Kier molecular flexibility index (Phi) is 6.30. The summed E-state index contributed by atoms with van der Waals surface area (Å²) in [5, 5.41) is 3.48. The Hall–Kier alpha value is -3.55. The number of hydrogen-bond acceptors (Lipinski definition) is 7. The summed E-state index contributed by atoms with van der Waals surface area (Å²) >= 11 is 0. The number of fused-ring (bicyclic) bond motifs is 1. The molecule has 0 atom stereocenters. The highest BCUT2D eigenvalue weighted by Crippen LogP contribution is 2.37. The number of anilines is 1. The van der Waals surface area contributed by atoms with E-state index < -0.39 is 0 Å². The van der Waals surface area contributed by atoms with Crippen molar-refractivity contribution in [3.8, 4) is 17.0 Å². The number of nitrogens with one attached hydrogen (secondary N) is 1. The number of nitrogens with zero attached hydrogens (tertiary/aromatic N) is 3. The lowest BCUT2D eigenvalue weighted by atomic mass is 10.0. The summed E-state index contributed by atoms with van der Waals surface area (Å²) in [4.78, 5) is 37.9. The molecule has 0 bridgehead atoms. The molecule has 1 aromatic carbocycles. The van der Waals surface area contributed by atoms with Gasteiger partial charge in [-0.05, 0) is 31.2 Å². The van der Waals surface area contributed by atoms with Crippen molar-refractivity contribution in [1.29, 1.82) is 0 Å². The number of Topliss-reactive ketones (excluding diaryl/α,β-unsaturated/α-hetero) is 1. The van der Waals surface area contributed by atoms with Crippen molar-refractivity contribution in [2.45, 2.75) is 39.0 Å². The predicted molar refractivity (Wildman–Crippen MR) is 123 cm³/mol. The first-order valence-corrected chi connectivity index (χ1v) is 10.9. The van der Waals surface area contributed by atoms with Crippen LogP contribution in [0.15, 0.2) is 30.7 Å². The molecule has 0 saturated heterocycles. The van der Waals surface area contributed by atoms with Crippen molar-refractivity contribution >= 4 is 28.3 Å². The Morgan fingerprint density at radius 1 is 1.16 bits per heavy atom. The molecule has 2 aromatic heterocycles. The van der Waals surface area contributed by atoms with E-state index in [1.54, 1.807) is 19.4 Å². The molecule has 1 saturated carbocycles. The zero-order chi connectivity index (χ0) is 22.7. The number of nitrogens with two attached hydrogens (primary N) is 1. The number of nitrogen functional groups attached to an aromatic ring is 1. The van der Waals surface area contributed by atoms with Gasteiger partial charge in [-0.3, -0.25) is 19.6 Å². The van der Waals surface area contributed by atoms with Crippen LogP contribution in [-0.2, 0) is 0 Å². The number of ether oxygens (including phenoxy) is 1. The van der Waals surface area contributed by atoms with Crippen molar-refractivity contribution in [1.82, 2.24) is 20.3 Å². The van der Waals surface area contributed by atoms with E-state index >= 15 is 0 Å². The van der Waals surface area contributed by atoms with Crippen LogP contribution in [0, 0.1) is 5.92 Å². The summed E-state index contributed by atoms with van der Waals surface area (Å²) in [5.41, 5.74) is 9.31. The first-order chi connectivity index (χ1) is 15.5. The summed E-state index contributed by atoms with van der Waals surface area (Å²) in [7, 11) is 1.56. The molecule has 8 nitrogen and oxygen atoms in total. The monoisotopic (exact) mass is 433 g/mol. The molecular weight excluding hydrogens is 406 g/mol. The van der Waals surface area contributed by atoms with E-state index in [4.69, 9.17) is 10.5 Å². The van der Waals surface area contributed by atoms with E-state index in [1.807, 2.05) is 6.07 Å². The molecule has 3 aromatic rings. The zero-order valence-electron chi connectivity index (χ0n) is 18.4. The average Bonchev–Trinajstić information content (AvgIpc) is 3.62. The fourth-order valence-electron chi connectivity index (χ4n) is 3.58. The topological polar surface area (TPSA) is 120 Å². The quantitative estimate of drug-likeness (QED) is 0.389. The Morgan fingerprint density at radius 3 is 2.62 bits per heavy atom. The SMILES string of the molecule is CCCCNC(=O)c1cnc(-c2cc3c(N)c(C(=O)CC4CC4)cnc3cc2OC)cn1. The van der Waals surface area contributed by atoms with Crippen LogP contribution >= 0.6 is 0 Å². The number of hydrogen-bond donors (Lipinski definition) is 2. The van der Waals surface area contributed by atoms with Gasteiger partial charge < -0.3 is 15.8 Å². The fraction of sp³-hybridized carbons (Fsp3) is 0.375. The highest BCUT2D eigenvalue weighted by atomic mass is 16.5. The Labute approximate surface area is 186 Å². The van der Waals surface area contributed by atoms with E-state index in [0.29, 0.717) is 58.0 Å². The van der Waals surface area contributed by atoms with Gasteiger partial charge in [0.25, 0.3) is 5.91 Å². The van der Waals surface area contributed by atoms with Crippen LogP contribution in [0.1, 0.15) is 59.9 Å². The van der Waals surface area contributed by atoms with Crippen molar-refractivity contribution in [3.63, 3.8) is 0 Å². The number of rotatable bonds is 9. The molecule has 166 valence electrons. The van der Waals surface area contributed by atoms with Crippen LogP contribution < -0.4 is 15.8 Å². The predicted octanol–water partition coefficient (Wildman–Crippen LogP) is 3.80. The maximum absolute atomic E-state index is 12.6. The molecule has 2 heterocycles. The molecule has 1 amide bonds. The van der Waals surface area contributed by atoms with Gasteiger partial charge in [0.1, 0.15) is 11.4 Å². The van der Waals surface area contributed by atoms with E-state index in [1.165, 1.54) is 12.4 Å². The smallest absolute Gasteiger partial charge is 0.271 e. The normalized spacial score (nSPS) is 13.2. The number of benzene rings is 1.